The first kappa shape index (κ1) is 25.9. The largest absolute Gasteiger partial charge is 0.490 e. The van der Waals surface area contributed by atoms with Crippen molar-refractivity contribution in [2.45, 2.75) is 6.61 Å². The molecule has 2 amide bonds. The fourth-order valence-electron chi connectivity index (χ4n) is 3.20. The van der Waals surface area contributed by atoms with Gasteiger partial charge in [0, 0.05) is 25.6 Å². The molecule has 0 spiro atoms. The molecule has 4 rings (SSSR count). The summed E-state index contributed by atoms with van der Waals surface area (Å²) in [5, 5.41) is 1.13. The number of hydrogen-bond acceptors (Lipinski definition) is 5. The Morgan fingerprint density at radius 2 is 1.71 bits per heavy atom. The first-order valence-corrected chi connectivity index (χ1v) is 13.0. The van der Waals surface area contributed by atoms with E-state index in [2.05, 4.69) is 15.9 Å². The van der Waals surface area contributed by atoms with Crippen molar-refractivity contribution in [3.05, 3.63) is 96.2 Å². The summed E-state index contributed by atoms with van der Waals surface area (Å²) in [5.41, 5.74) is 1.41. The number of hydrogen-bond donors (Lipinski definition) is 0. The molecule has 0 N–H and O–H groups in total. The van der Waals surface area contributed by atoms with Crippen molar-refractivity contribution in [1.29, 1.82) is 0 Å². The van der Waals surface area contributed by atoms with Crippen LogP contribution in [0, 0.1) is 0 Å². The van der Waals surface area contributed by atoms with Crippen LogP contribution in [0.4, 0.5) is 4.79 Å². The van der Waals surface area contributed by atoms with Gasteiger partial charge in [-0.1, -0.05) is 68.9 Å². The van der Waals surface area contributed by atoms with Gasteiger partial charge in [-0.15, -0.1) is 0 Å². The number of carbonyl (C=O) groups is 2. The van der Waals surface area contributed by atoms with Crippen LogP contribution in [0.15, 0.2) is 70.0 Å². The normalized spacial score (nSPS) is 14.6. The maximum absolute atomic E-state index is 12.9. The van der Waals surface area contributed by atoms with Gasteiger partial charge in [-0.05, 0) is 60.3 Å². The molecule has 0 unspecified atom stereocenters. The molecule has 0 bridgehead atoms. The van der Waals surface area contributed by atoms with Crippen molar-refractivity contribution in [1.82, 2.24) is 4.90 Å². The number of nitrogens with zero attached hydrogens (tertiary/aromatic N) is 1. The van der Waals surface area contributed by atoms with Gasteiger partial charge >= 0.3 is 0 Å². The quantitative estimate of drug-likeness (QED) is 0.240. The van der Waals surface area contributed by atoms with E-state index in [-0.39, 0.29) is 25.0 Å². The van der Waals surface area contributed by atoms with Crippen LogP contribution in [-0.2, 0) is 11.4 Å². The van der Waals surface area contributed by atoms with Gasteiger partial charge in [0.15, 0.2) is 0 Å². The molecule has 0 aromatic heterocycles. The summed E-state index contributed by atoms with van der Waals surface area (Å²) in [6.07, 6.45) is 1.64. The molecule has 3 aromatic rings. The molecule has 1 aliphatic heterocycles. The molecule has 10 heteroatoms. The number of thioether (sulfide) groups is 1. The van der Waals surface area contributed by atoms with Crippen LogP contribution in [0.25, 0.3) is 6.08 Å². The second-order valence-electron chi connectivity index (χ2n) is 7.32. The number of benzene rings is 3. The van der Waals surface area contributed by atoms with Crippen LogP contribution in [0.2, 0.25) is 15.1 Å². The van der Waals surface area contributed by atoms with Gasteiger partial charge < -0.3 is 9.47 Å². The first-order valence-electron chi connectivity index (χ1n) is 10.3. The SMILES string of the molecule is O=C1S/C(=C\c2cc(Br)ccc2OCc2ccc(Cl)cc2Cl)C(=O)N1CCOc1ccccc1Cl. The van der Waals surface area contributed by atoms with Gasteiger partial charge in [0.25, 0.3) is 11.1 Å². The number of para-hydroxylation sites is 1. The minimum absolute atomic E-state index is 0.101. The predicted octanol–water partition coefficient (Wildman–Crippen LogP) is 8.10. The Labute approximate surface area is 230 Å². The van der Waals surface area contributed by atoms with Crippen molar-refractivity contribution in [2.24, 2.45) is 0 Å². The van der Waals surface area contributed by atoms with Gasteiger partial charge in [0.05, 0.1) is 16.5 Å². The molecular formula is C25H17BrCl3NO4S. The van der Waals surface area contributed by atoms with E-state index < -0.39 is 5.91 Å². The summed E-state index contributed by atoms with van der Waals surface area (Å²) in [6.45, 7) is 0.436. The van der Waals surface area contributed by atoms with Crippen molar-refractivity contribution < 1.29 is 19.1 Å². The maximum atomic E-state index is 12.9. The number of imide groups is 1. The van der Waals surface area contributed by atoms with Crippen LogP contribution in [0.3, 0.4) is 0 Å². The minimum atomic E-state index is -0.394. The lowest BCUT2D eigenvalue weighted by molar-refractivity contribution is -0.123. The third-order valence-corrected chi connectivity index (χ3v) is 7.24. The molecule has 0 aliphatic carbocycles. The number of halogens is 4. The summed E-state index contributed by atoms with van der Waals surface area (Å²) in [5.74, 6) is 0.635. The topological polar surface area (TPSA) is 55.8 Å². The van der Waals surface area contributed by atoms with E-state index in [0.29, 0.717) is 37.0 Å². The van der Waals surface area contributed by atoms with E-state index in [1.807, 2.05) is 12.1 Å². The zero-order chi connectivity index (χ0) is 24.9. The molecular weight excluding hydrogens is 597 g/mol. The number of rotatable bonds is 8. The minimum Gasteiger partial charge on any atom is -0.490 e. The Bertz CT molecular complexity index is 1320. The number of carbonyl (C=O) groups excluding carboxylic acids is 2. The summed E-state index contributed by atoms with van der Waals surface area (Å²) in [6, 6.07) is 17.6. The summed E-state index contributed by atoms with van der Waals surface area (Å²) in [4.78, 5) is 26.9. The highest BCUT2D eigenvalue weighted by atomic mass is 79.9. The Hall–Kier alpha value is -2.16. The molecule has 180 valence electrons. The molecule has 0 atom stereocenters. The van der Waals surface area contributed by atoms with Crippen LogP contribution in [0.5, 0.6) is 11.5 Å². The third kappa shape index (κ3) is 6.54. The average molecular weight is 614 g/mol. The van der Waals surface area contributed by atoms with Crippen molar-refractivity contribution in [3.63, 3.8) is 0 Å². The molecule has 35 heavy (non-hydrogen) atoms. The lowest BCUT2D eigenvalue weighted by Crippen LogP contribution is -2.32. The van der Waals surface area contributed by atoms with Crippen LogP contribution in [0.1, 0.15) is 11.1 Å². The highest BCUT2D eigenvalue weighted by Gasteiger charge is 2.35. The fraction of sp³-hybridized carbons (Fsp3) is 0.120. The fourth-order valence-corrected chi connectivity index (χ4v) is 5.09. The van der Waals surface area contributed by atoms with E-state index in [1.165, 1.54) is 0 Å². The molecule has 1 aliphatic rings. The summed E-state index contributed by atoms with van der Waals surface area (Å²) in [7, 11) is 0. The zero-order valence-electron chi connectivity index (χ0n) is 18.0. The maximum Gasteiger partial charge on any atom is 0.293 e. The molecule has 1 saturated heterocycles. The van der Waals surface area contributed by atoms with Crippen molar-refractivity contribution in [3.8, 4) is 11.5 Å². The van der Waals surface area contributed by atoms with Crippen LogP contribution >= 0.6 is 62.5 Å². The van der Waals surface area contributed by atoms with Crippen molar-refractivity contribution >= 4 is 79.7 Å². The van der Waals surface area contributed by atoms with E-state index in [1.54, 1.807) is 54.6 Å². The van der Waals surface area contributed by atoms with Crippen LogP contribution in [-0.4, -0.2) is 29.2 Å². The Morgan fingerprint density at radius 1 is 0.914 bits per heavy atom. The second kappa shape index (κ2) is 11.7. The lowest BCUT2D eigenvalue weighted by Gasteiger charge is -2.14. The standard InChI is InChI=1S/C25H17BrCl3NO4S/c26-17-6-8-21(34-14-15-5-7-18(27)13-20(15)29)16(11-17)12-23-24(31)30(25(32)35-23)9-10-33-22-4-2-1-3-19(22)28/h1-8,11-13H,9-10,14H2/b23-12-. The summed E-state index contributed by atoms with van der Waals surface area (Å²) < 4.78 is 12.4. The van der Waals surface area contributed by atoms with Crippen molar-refractivity contribution in [2.75, 3.05) is 13.2 Å². The van der Waals surface area contributed by atoms with Crippen LogP contribution < -0.4 is 9.47 Å². The Balaban J connectivity index is 1.46. The zero-order valence-corrected chi connectivity index (χ0v) is 22.6. The highest BCUT2D eigenvalue weighted by Crippen LogP contribution is 2.35. The predicted molar refractivity (Wildman–Crippen MR) is 145 cm³/mol. The second-order valence-corrected chi connectivity index (χ2v) is 10.5. The monoisotopic (exact) mass is 611 g/mol. The average Bonchev–Trinajstić information content (AvgIpc) is 3.08. The lowest BCUT2D eigenvalue weighted by atomic mass is 10.1. The van der Waals surface area contributed by atoms with Gasteiger partial charge in [-0.3, -0.25) is 14.5 Å². The van der Waals surface area contributed by atoms with E-state index >= 15 is 0 Å². The molecule has 1 fully saturated rings. The highest BCUT2D eigenvalue weighted by molar-refractivity contribution is 9.10. The Kier molecular flexibility index (Phi) is 8.68. The number of ether oxygens (including phenoxy) is 2. The number of amides is 2. The molecule has 0 saturated carbocycles. The first-order chi connectivity index (χ1) is 16.8. The summed E-state index contributed by atoms with van der Waals surface area (Å²) >= 11 is 22.6. The Morgan fingerprint density at radius 3 is 2.49 bits per heavy atom. The molecule has 5 nitrogen and oxygen atoms in total. The smallest absolute Gasteiger partial charge is 0.293 e. The van der Waals surface area contributed by atoms with Gasteiger partial charge in [0.1, 0.15) is 24.7 Å². The third-order valence-electron chi connectivity index (χ3n) is 4.94. The van der Waals surface area contributed by atoms with Gasteiger partial charge in [-0.25, -0.2) is 0 Å². The molecule has 1 heterocycles. The molecule has 0 radical (unpaired) electrons. The van der Waals surface area contributed by atoms with Gasteiger partial charge in [0.2, 0.25) is 0 Å². The van der Waals surface area contributed by atoms with E-state index in [4.69, 9.17) is 44.3 Å². The molecule has 3 aromatic carbocycles. The van der Waals surface area contributed by atoms with E-state index in [0.717, 1.165) is 26.7 Å². The van der Waals surface area contributed by atoms with Gasteiger partial charge in [-0.2, -0.15) is 0 Å². The van der Waals surface area contributed by atoms with E-state index in [9.17, 15) is 9.59 Å².